The number of halogens is 1. The van der Waals surface area contributed by atoms with Crippen LogP contribution in [0.25, 0.3) is 0 Å². The van der Waals surface area contributed by atoms with E-state index < -0.39 is 22.9 Å². The maximum absolute atomic E-state index is 14.1. The van der Waals surface area contributed by atoms with Crippen LogP contribution in [0.2, 0.25) is 0 Å². The summed E-state index contributed by atoms with van der Waals surface area (Å²) in [5.74, 6) is -0.143. The molecular formula is C23H26FN3O4S. The van der Waals surface area contributed by atoms with Crippen molar-refractivity contribution in [3.8, 4) is 11.5 Å². The van der Waals surface area contributed by atoms with Crippen LogP contribution in [0.1, 0.15) is 18.9 Å². The number of hydrogen-bond acceptors (Lipinski definition) is 6. The van der Waals surface area contributed by atoms with Crippen molar-refractivity contribution in [2.75, 3.05) is 32.2 Å². The fraction of sp³-hybridized carbons (Fsp3) is 0.348. The zero-order chi connectivity index (χ0) is 23.1. The Morgan fingerprint density at radius 3 is 2.62 bits per heavy atom. The van der Waals surface area contributed by atoms with E-state index in [4.69, 9.17) is 9.47 Å². The van der Waals surface area contributed by atoms with E-state index in [2.05, 4.69) is 10.3 Å². The minimum Gasteiger partial charge on any atom is -0.493 e. The molecule has 3 rings (SSSR count). The van der Waals surface area contributed by atoms with E-state index in [0.29, 0.717) is 36.2 Å². The number of carbonyl (C=O) groups is 2. The van der Waals surface area contributed by atoms with Crippen molar-refractivity contribution in [1.29, 1.82) is 0 Å². The lowest BCUT2D eigenvalue weighted by molar-refractivity contribution is -0.121. The number of anilines is 1. The summed E-state index contributed by atoms with van der Waals surface area (Å²) in [6.45, 7) is 3.03. The Kier molecular flexibility index (Phi) is 8.10. The summed E-state index contributed by atoms with van der Waals surface area (Å²) in [5, 5.41) is 3.08. The topological polar surface area (TPSA) is 80.2 Å². The van der Waals surface area contributed by atoms with Crippen LogP contribution in [0.3, 0.4) is 0 Å². The van der Waals surface area contributed by atoms with Gasteiger partial charge in [-0.3, -0.25) is 14.6 Å². The molecule has 0 saturated carbocycles. The molecular weight excluding hydrogens is 433 g/mol. The second kappa shape index (κ2) is 11.0. The van der Waals surface area contributed by atoms with Gasteiger partial charge in [-0.05, 0) is 43.2 Å². The Morgan fingerprint density at radius 2 is 1.94 bits per heavy atom. The number of ether oxygens (including phenoxy) is 2. The summed E-state index contributed by atoms with van der Waals surface area (Å²) in [5.41, 5.74) is 1.02. The fourth-order valence-electron chi connectivity index (χ4n) is 3.33. The maximum atomic E-state index is 14.1. The van der Waals surface area contributed by atoms with E-state index in [1.54, 1.807) is 20.3 Å². The molecule has 1 saturated heterocycles. The molecule has 1 heterocycles. The van der Waals surface area contributed by atoms with Crippen molar-refractivity contribution in [2.24, 2.45) is 4.99 Å². The molecule has 32 heavy (non-hydrogen) atoms. The molecule has 1 aliphatic heterocycles. The van der Waals surface area contributed by atoms with Crippen LogP contribution in [-0.2, 0) is 16.0 Å². The van der Waals surface area contributed by atoms with Crippen LogP contribution in [0.15, 0.2) is 47.5 Å². The Bertz CT molecular complexity index is 1010. The van der Waals surface area contributed by atoms with E-state index in [0.717, 1.165) is 10.5 Å². The lowest BCUT2D eigenvalue weighted by Gasteiger charge is -2.16. The number of para-hydroxylation sites is 1. The minimum absolute atomic E-state index is 0.00206. The number of amides is 2. The summed E-state index contributed by atoms with van der Waals surface area (Å²) >= 11 is 1.20. The second-order valence-corrected chi connectivity index (χ2v) is 8.18. The third kappa shape index (κ3) is 5.40. The molecule has 1 N–H and O–H groups in total. The molecule has 0 spiro atoms. The zero-order valence-corrected chi connectivity index (χ0v) is 19.1. The molecule has 0 bridgehead atoms. The van der Waals surface area contributed by atoms with Gasteiger partial charge in [-0.15, -0.1) is 0 Å². The van der Waals surface area contributed by atoms with Gasteiger partial charge in [0, 0.05) is 19.5 Å². The molecule has 1 aliphatic rings. The van der Waals surface area contributed by atoms with Crippen LogP contribution >= 0.6 is 11.8 Å². The maximum Gasteiger partial charge on any atom is 0.247 e. The largest absolute Gasteiger partial charge is 0.493 e. The first-order valence-electron chi connectivity index (χ1n) is 10.3. The standard InChI is InChI=1S/C23H26FN3O4S/c1-4-25-23(26-12-11-15-9-10-18(30-2)19(13-15)31-3)32-20-14-21(28)27(22(20)29)17-8-6-5-7-16(17)24/h5-10,13,20H,4,11-12,14H2,1-3H3,(H,25,26). The van der Waals surface area contributed by atoms with Gasteiger partial charge in [-0.1, -0.05) is 30.0 Å². The van der Waals surface area contributed by atoms with Crippen LogP contribution in [0.5, 0.6) is 11.5 Å². The van der Waals surface area contributed by atoms with Gasteiger partial charge in [-0.25, -0.2) is 9.29 Å². The first kappa shape index (κ1) is 23.6. The third-order valence-electron chi connectivity index (χ3n) is 4.88. The number of aliphatic imine (C=N–C) groups is 1. The quantitative estimate of drug-likeness (QED) is 0.370. The number of carbonyl (C=O) groups excluding carboxylic acids is 2. The number of nitrogens with one attached hydrogen (secondary N) is 1. The van der Waals surface area contributed by atoms with Gasteiger partial charge >= 0.3 is 0 Å². The van der Waals surface area contributed by atoms with E-state index in [9.17, 15) is 14.0 Å². The van der Waals surface area contributed by atoms with E-state index >= 15 is 0 Å². The minimum atomic E-state index is -0.652. The Labute approximate surface area is 191 Å². The van der Waals surface area contributed by atoms with Gasteiger partial charge in [0.1, 0.15) is 11.1 Å². The van der Waals surface area contributed by atoms with E-state index in [1.165, 1.54) is 30.0 Å². The number of imide groups is 1. The van der Waals surface area contributed by atoms with Gasteiger partial charge in [0.15, 0.2) is 16.7 Å². The number of amidine groups is 1. The first-order chi connectivity index (χ1) is 15.5. The molecule has 1 atom stereocenters. The molecule has 2 aromatic rings. The second-order valence-electron chi connectivity index (χ2n) is 6.99. The Hall–Kier alpha value is -3.07. The van der Waals surface area contributed by atoms with Crippen molar-refractivity contribution < 1.29 is 23.5 Å². The van der Waals surface area contributed by atoms with Crippen molar-refractivity contribution in [3.05, 3.63) is 53.8 Å². The molecule has 9 heteroatoms. The predicted octanol–water partition coefficient (Wildman–Crippen LogP) is 3.42. The monoisotopic (exact) mass is 459 g/mol. The van der Waals surface area contributed by atoms with Crippen molar-refractivity contribution in [3.63, 3.8) is 0 Å². The van der Waals surface area contributed by atoms with Crippen LogP contribution < -0.4 is 19.7 Å². The number of benzene rings is 2. The highest BCUT2D eigenvalue weighted by atomic mass is 32.2. The lowest BCUT2D eigenvalue weighted by atomic mass is 10.1. The van der Waals surface area contributed by atoms with Gasteiger partial charge in [0.05, 0.1) is 19.9 Å². The molecule has 0 aliphatic carbocycles. The van der Waals surface area contributed by atoms with Gasteiger partial charge in [0.25, 0.3) is 0 Å². The first-order valence-corrected chi connectivity index (χ1v) is 11.1. The molecule has 0 radical (unpaired) electrons. The molecule has 2 amide bonds. The predicted molar refractivity (Wildman–Crippen MR) is 124 cm³/mol. The number of thioether (sulfide) groups is 1. The van der Waals surface area contributed by atoms with Crippen molar-refractivity contribution >= 4 is 34.4 Å². The summed E-state index contributed by atoms with van der Waals surface area (Å²) in [6.07, 6.45) is 0.659. The van der Waals surface area contributed by atoms with Crippen molar-refractivity contribution in [1.82, 2.24) is 5.32 Å². The van der Waals surface area contributed by atoms with Gasteiger partial charge in [0.2, 0.25) is 11.8 Å². The molecule has 7 nitrogen and oxygen atoms in total. The van der Waals surface area contributed by atoms with E-state index in [-0.39, 0.29) is 12.1 Å². The summed E-state index contributed by atoms with van der Waals surface area (Å²) in [4.78, 5) is 30.8. The smallest absolute Gasteiger partial charge is 0.247 e. The van der Waals surface area contributed by atoms with Crippen molar-refractivity contribution in [2.45, 2.75) is 25.0 Å². The molecule has 170 valence electrons. The van der Waals surface area contributed by atoms with Crippen LogP contribution in [0.4, 0.5) is 10.1 Å². The number of nitrogens with zero attached hydrogens (tertiary/aromatic N) is 2. The Balaban J connectivity index is 1.67. The van der Waals surface area contributed by atoms with E-state index in [1.807, 2.05) is 25.1 Å². The summed E-state index contributed by atoms with van der Waals surface area (Å²) < 4.78 is 24.7. The molecule has 2 aromatic carbocycles. The highest BCUT2D eigenvalue weighted by molar-refractivity contribution is 8.15. The number of hydrogen-bond donors (Lipinski definition) is 1. The SMILES string of the molecule is CCNC(=NCCc1ccc(OC)c(OC)c1)SC1CC(=O)N(c2ccccc2F)C1=O. The fourth-order valence-corrected chi connectivity index (χ4v) is 4.42. The normalized spacial score (nSPS) is 16.4. The average molecular weight is 460 g/mol. The molecule has 0 aromatic heterocycles. The summed E-state index contributed by atoms with van der Waals surface area (Å²) in [6, 6.07) is 11.5. The third-order valence-corrected chi connectivity index (χ3v) is 6.03. The number of rotatable bonds is 8. The summed E-state index contributed by atoms with van der Waals surface area (Å²) in [7, 11) is 3.17. The van der Waals surface area contributed by atoms with Gasteiger partial charge in [-0.2, -0.15) is 0 Å². The average Bonchev–Trinajstić information content (AvgIpc) is 3.06. The molecule has 1 fully saturated rings. The number of methoxy groups -OCH3 is 2. The molecule has 1 unspecified atom stereocenters. The Morgan fingerprint density at radius 1 is 1.19 bits per heavy atom. The lowest BCUT2D eigenvalue weighted by Crippen LogP contribution is -2.33. The highest BCUT2D eigenvalue weighted by Crippen LogP contribution is 2.31. The van der Waals surface area contributed by atoms with Gasteiger partial charge < -0.3 is 14.8 Å². The van der Waals surface area contributed by atoms with Crippen LogP contribution in [0, 0.1) is 5.82 Å². The van der Waals surface area contributed by atoms with Crippen LogP contribution in [-0.4, -0.2) is 49.5 Å². The highest BCUT2D eigenvalue weighted by Gasteiger charge is 2.41. The zero-order valence-electron chi connectivity index (χ0n) is 18.3.